The molecule has 0 aliphatic carbocycles. The highest BCUT2D eigenvalue weighted by Gasteiger charge is 2.06. The molecule has 0 saturated carbocycles. The molecule has 1 rings (SSSR count). The summed E-state index contributed by atoms with van der Waals surface area (Å²) in [5.41, 5.74) is 1.70. The molecule has 1 atom stereocenters. The van der Waals surface area contributed by atoms with E-state index in [9.17, 15) is 0 Å². The van der Waals surface area contributed by atoms with Gasteiger partial charge in [-0.05, 0) is 30.9 Å². The van der Waals surface area contributed by atoms with Crippen LogP contribution >= 0.6 is 11.8 Å². The van der Waals surface area contributed by atoms with Gasteiger partial charge in [-0.3, -0.25) is 0 Å². The molecule has 1 unspecified atom stereocenters. The molecular formula is C14H20N2OS. The lowest BCUT2D eigenvalue weighted by Crippen LogP contribution is -2.27. The minimum Gasteiger partial charge on any atom is -0.496 e. The van der Waals surface area contributed by atoms with Crippen LogP contribution < -0.4 is 10.1 Å². The minimum absolute atomic E-state index is 0.449. The summed E-state index contributed by atoms with van der Waals surface area (Å²) in [7, 11) is 1.65. The first-order valence-electron chi connectivity index (χ1n) is 6.09. The molecule has 0 amide bonds. The molecule has 0 aromatic heterocycles. The Morgan fingerprint density at radius 3 is 2.89 bits per heavy atom. The second-order valence-electron chi connectivity index (χ2n) is 4.08. The lowest BCUT2D eigenvalue weighted by atomic mass is 10.1. The van der Waals surface area contributed by atoms with Crippen LogP contribution in [-0.2, 0) is 6.54 Å². The van der Waals surface area contributed by atoms with Crippen LogP contribution in [0.15, 0.2) is 18.2 Å². The Hall–Kier alpha value is -1.18. The number of hydrogen-bond acceptors (Lipinski definition) is 4. The van der Waals surface area contributed by atoms with Crippen molar-refractivity contribution in [3.63, 3.8) is 0 Å². The van der Waals surface area contributed by atoms with Gasteiger partial charge in [-0.1, -0.05) is 6.92 Å². The molecule has 0 radical (unpaired) electrons. The number of nitrogens with zero attached hydrogens (tertiary/aromatic N) is 1. The van der Waals surface area contributed by atoms with Crippen LogP contribution in [0, 0.1) is 11.3 Å². The Morgan fingerprint density at radius 2 is 2.28 bits per heavy atom. The number of thioether (sulfide) groups is 1. The Balaban J connectivity index is 2.62. The minimum atomic E-state index is 0.449. The third kappa shape index (κ3) is 4.59. The van der Waals surface area contributed by atoms with Gasteiger partial charge in [0.1, 0.15) is 5.75 Å². The van der Waals surface area contributed by atoms with E-state index < -0.39 is 0 Å². The SMILES string of the molecule is CCSCC(C)NCc1cc(C#N)ccc1OC. The van der Waals surface area contributed by atoms with Crippen LogP contribution in [0.4, 0.5) is 0 Å². The van der Waals surface area contributed by atoms with Crippen molar-refractivity contribution < 1.29 is 4.74 Å². The van der Waals surface area contributed by atoms with Gasteiger partial charge in [-0.2, -0.15) is 17.0 Å². The van der Waals surface area contributed by atoms with Crippen LogP contribution in [0.25, 0.3) is 0 Å². The van der Waals surface area contributed by atoms with Gasteiger partial charge in [0.25, 0.3) is 0 Å². The Morgan fingerprint density at radius 1 is 1.50 bits per heavy atom. The van der Waals surface area contributed by atoms with E-state index in [1.54, 1.807) is 13.2 Å². The van der Waals surface area contributed by atoms with E-state index in [1.165, 1.54) is 0 Å². The van der Waals surface area contributed by atoms with Crippen molar-refractivity contribution in [1.82, 2.24) is 5.32 Å². The van der Waals surface area contributed by atoms with Crippen molar-refractivity contribution in [3.8, 4) is 11.8 Å². The van der Waals surface area contributed by atoms with Gasteiger partial charge in [0.2, 0.25) is 0 Å². The molecule has 3 nitrogen and oxygen atoms in total. The maximum absolute atomic E-state index is 8.90. The first kappa shape index (κ1) is 14.9. The standard InChI is InChI=1S/C14H20N2OS/c1-4-18-10-11(2)16-9-13-7-12(8-15)5-6-14(13)17-3/h5-7,11,16H,4,9-10H2,1-3H3. The maximum atomic E-state index is 8.90. The molecule has 0 fully saturated rings. The smallest absolute Gasteiger partial charge is 0.123 e. The van der Waals surface area contributed by atoms with Crippen molar-refractivity contribution in [1.29, 1.82) is 5.26 Å². The monoisotopic (exact) mass is 264 g/mol. The molecule has 98 valence electrons. The zero-order valence-corrected chi connectivity index (χ0v) is 12.0. The molecule has 1 aromatic carbocycles. The number of methoxy groups -OCH3 is 1. The third-order valence-corrected chi connectivity index (χ3v) is 3.77. The number of hydrogen-bond donors (Lipinski definition) is 1. The van der Waals surface area contributed by atoms with Crippen LogP contribution in [0.1, 0.15) is 25.0 Å². The molecule has 0 aliphatic heterocycles. The first-order chi connectivity index (χ1) is 8.71. The van der Waals surface area contributed by atoms with E-state index in [2.05, 4.69) is 25.2 Å². The fourth-order valence-corrected chi connectivity index (χ4v) is 2.33. The Labute approximate surface area is 114 Å². The highest BCUT2D eigenvalue weighted by molar-refractivity contribution is 7.99. The molecule has 1 N–H and O–H groups in total. The van der Waals surface area contributed by atoms with Gasteiger partial charge >= 0.3 is 0 Å². The number of benzene rings is 1. The van der Waals surface area contributed by atoms with E-state index in [0.29, 0.717) is 11.6 Å². The second-order valence-corrected chi connectivity index (χ2v) is 5.40. The predicted molar refractivity (Wildman–Crippen MR) is 77.0 cm³/mol. The van der Waals surface area contributed by atoms with E-state index in [1.807, 2.05) is 23.9 Å². The maximum Gasteiger partial charge on any atom is 0.123 e. The van der Waals surface area contributed by atoms with E-state index in [4.69, 9.17) is 10.00 Å². The molecule has 1 aromatic rings. The second kappa shape index (κ2) is 8.02. The topological polar surface area (TPSA) is 45.0 Å². The molecule has 0 aliphatic rings. The lowest BCUT2D eigenvalue weighted by Gasteiger charge is -2.15. The van der Waals surface area contributed by atoms with Crippen molar-refractivity contribution in [2.75, 3.05) is 18.6 Å². The summed E-state index contributed by atoms with van der Waals surface area (Å²) in [6.07, 6.45) is 0. The van der Waals surface area contributed by atoms with E-state index in [0.717, 1.165) is 29.4 Å². The number of nitriles is 1. The normalized spacial score (nSPS) is 11.9. The average molecular weight is 264 g/mol. The highest BCUT2D eigenvalue weighted by atomic mass is 32.2. The largest absolute Gasteiger partial charge is 0.496 e. The third-order valence-electron chi connectivity index (χ3n) is 2.62. The summed E-state index contributed by atoms with van der Waals surface area (Å²) in [5, 5.41) is 12.4. The number of nitrogens with one attached hydrogen (secondary N) is 1. The number of ether oxygens (including phenoxy) is 1. The van der Waals surface area contributed by atoms with Crippen molar-refractivity contribution >= 4 is 11.8 Å². The van der Waals surface area contributed by atoms with Crippen LogP contribution in [0.2, 0.25) is 0 Å². The quantitative estimate of drug-likeness (QED) is 0.822. The summed E-state index contributed by atoms with van der Waals surface area (Å²) in [5.74, 6) is 3.06. The molecule has 0 spiro atoms. The molecule has 18 heavy (non-hydrogen) atoms. The van der Waals surface area contributed by atoms with Crippen LogP contribution in [0.3, 0.4) is 0 Å². The van der Waals surface area contributed by atoms with Crippen molar-refractivity contribution in [2.45, 2.75) is 26.4 Å². The van der Waals surface area contributed by atoms with Gasteiger partial charge in [0.05, 0.1) is 18.7 Å². The van der Waals surface area contributed by atoms with E-state index >= 15 is 0 Å². The molecule has 0 saturated heterocycles. The number of rotatable bonds is 7. The average Bonchev–Trinajstić information content (AvgIpc) is 2.42. The Bertz CT molecular complexity index is 415. The molecule has 0 bridgehead atoms. The van der Waals surface area contributed by atoms with Gasteiger partial charge in [-0.15, -0.1) is 0 Å². The summed E-state index contributed by atoms with van der Waals surface area (Å²) in [6.45, 7) is 5.06. The summed E-state index contributed by atoms with van der Waals surface area (Å²) in [4.78, 5) is 0. The fourth-order valence-electron chi connectivity index (χ4n) is 1.62. The highest BCUT2D eigenvalue weighted by Crippen LogP contribution is 2.19. The van der Waals surface area contributed by atoms with Crippen LogP contribution in [0.5, 0.6) is 5.75 Å². The fraction of sp³-hybridized carbons (Fsp3) is 0.500. The van der Waals surface area contributed by atoms with Gasteiger partial charge in [0, 0.05) is 23.9 Å². The van der Waals surface area contributed by atoms with Gasteiger partial charge in [0.15, 0.2) is 0 Å². The molecular weight excluding hydrogens is 244 g/mol. The zero-order valence-electron chi connectivity index (χ0n) is 11.2. The lowest BCUT2D eigenvalue weighted by molar-refractivity contribution is 0.406. The summed E-state index contributed by atoms with van der Waals surface area (Å²) < 4.78 is 5.30. The zero-order chi connectivity index (χ0) is 13.4. The first-order valence-corrected chi connectivity index (χ1v) is 7.24. The molecule has 4 heteroatoms. The molecule has 0 heterocycles. The predicted octanol–water partition coefficient (Wildman–Crippen LogP) is 2.80. The van der Waals surface area contributed by atoms with Crippen molar-refractivity contribution in [2.24, 2.45) is 0 Å². The van der Waals surface area contributed by atoms with Crippen molar-refractivity contribution in [3.05, 3.63) is 29.3 Å². The summed E-state index contributed by atoms with van der Waals surface area (Å²) in [6, 6.07) is 8.11. The van der Waals surface area contributed by atoms with Crippen LogP contribution in [-0.4, -0.2) is 24.7 Å². The van der Waals surface area contributed by atoms with E-state index in [-0.39, 0.29) is 0 Å². The summed E-state index contributed by atoms with van der Waals surface area (Å²) >= 11 is 1.92. The Kier molecular flexibility index (Phi) is 6.63. The van der Waals surface area contributed by atoms with Gasteiger partial charge in [-0.25, -0.2) is 0 Å². The van der Waals surface area contributed by atoms with Gasteiger partial charge < -0.3 is 10.1 Å².